The molecule has 0 spiro atoms. The number of thiophene rings is 1. The van der Waals surface area contributed by atoms with Crippen molar-refractivity contribution in [2.75, 3.05) is 6.54 Å². The Labute approximate surface area is 232 Å². The fourth-order valence-corrected chi connectivity index (χ4v) is 7.55. The molecule has 1 amide bonds. The number of benzene rings is 2. The number of amides is 1. The molecular formula is C26H20ClN5O3S3. The fraction of sp³-hybridized carbons (Fsp3) is 0.154. The Morgan fingerprint density at radius 2 is 1.76 bits per heavy atom. The smallest absolute Gasteiger partial charge is 0.254 e. The van der Waals surface area contributed by atoms with Crippen molar-refractivity contribution in [2.45, 2.75) is 23.7 Å². The minimum Gasteiger partial charge on any atom is -0.329 e. The quantitative estimate of drug-likeness (QED) is 0.266. The van der Waals surface area contributed by atoms with Crippen LogP contribution in [0.1, 0.15) is 21.2 Å². The summed E-state index contributed by atoms with van der Waals surface area (Å²) in [7, 11) is -3.56. The number of carbonyl (C=O) groups excluding carboxylic acids is 1. The van der Waals surface area contributed by atoms with Gasteiger partial charge in [-0.05, 0) is 53.4 Å². The number of hydrogen-bond acceptors (Lipinski definition) is 8. The summed E-state index contributed by atoms with van der Waals surface area (Å²) in [6.45, 7) is 1.36. The number of nitrogens with zero attached hydrogens (tertiary/aromatic N) is 5. The molecule has 1 aliphatic heterocycles. The summed E-state index contributed by atoms with van der Waals surface area (Å²) in [6, 6.07) is 17.8. The zero-order valence-corrected chi connectivity index (χ0v) is 23.0. The second-order valence-corrected chi connectivity index (χ2v) is 13.0. The maximum atomic E-state index is 13.2. The van der Waals surface area contributed by atoms with E-state index in [4.69, 9.17) is 11.6 Å². The van der Waals surface area contributed by atoms with Gasteiger partial charge in [-0.2, -0.15) is 0 Å². The van der Waals surface area contributed by atoms with E-state index >= 15 is 0 Å². The zero-order chi connectivity index (χ0) is 26.3. The lowest BCUT2D eigenvalue weighted by Crippen LogP contribution is -2.38. The fourth-order valence-electron chi connectivity index (χ4n) is 4.29. The van der Waals surface area contributed by atoms with E-state index in [1.165, 1.54) is 23.5 Å². The van der Waals surface area contributed by atoms with Gasteiger partial charge in [0.2, 0.25) is 0 Å². The molecule has 0 bridgehead atoms. The van der Waals surface area contributed by atoms with Gasteiger partial charge < -0.3 is 9.47 Å². The molecular weight excluding hydrogens is 562 g/mol. The van der Waals surface area contributed by atoms with Gasteiger partial charge >= 0.3 is 0 Å². The molecule has 3 aromatic heterocycles. The number of rotatable bonds is 6. The number of aromatic nitrogens is 4. The van der Waals surface area contributed by atoms with Gasteiger partial charge in [-0.25, -0.2) is 13.4 Å². The molecule has 38 heavy (non-hydrogen) atoms. The Morgan fingerprint density at radius 3 is 2.50 bits per heavy atom. The number of thiazole rings is 1. The molecule has 4 heterocycles. The molecule has 0 saturated heterocycles. The first kappa shape index (κ1) is 24.9. The van der Waals surface area contributed by atoms with Crippen molar-refractivity contribution in [3.8, 4) is 22.0 Å². The second kappa shape index (κ2) is 10.1. The van der Waals surface area contributed by atoms with Crippen LogP contribution in [0.25, 0.3) is 22.0 Å². The number of carbonyl (C=O) groups is 1. The van der Waals surface area contributed by atoms with Gasteiger partial charge in [0.25, 0.3) is 5.91 Å². The van der Waals surface area contributed by atoms with Gasteiger partial charge in [0, 0.05) is 33.9 Å². The second-order valence-electron chi connectivity index (χ2n) is 8.71. The first-order chi connectivity index (χ1) is 18.4. The van der Waals surface area contributed by atoms with Crippen LogP contribution in [0.15, 0.2) is 76.3 Å². The third kappa shape index (κ3) is 4.90. The summed E-state index contributed by atoms with van der Waals surface area (Å²) < 4.78 is 27.5. The Balaban J connectivity index is 1.16. The lowest BCUT2D eigenvalue weighted by molar-refractivity contribution is 0.0708. The Morgan fingerprint density at radius 1 is 0.974 bits per heavy atom. The monoisotopic (exact) mass is 581 g/mol. The number of fused-ring (bicyclic) bond motifs is 1. The van der Waals surface area contributed by atoms with Crippen molar-refractivity contribution >= 4 is 50.0 Å². The van der Waals surface area contributed by atoms with Crippen molar-refractivity contribution in [2.24, 2.45) is 0 Å². The van der Waals surface area contributed by atoms with Crippen LogP contribution in [0, 0.1) is 0 Å². The number of halogens is 1. The highest BCUT2D eigenvalue weighted by molar-refractivity contribution is 7.90. The molecule has 0 aliphatic carbocycles. The predicted molar refractivity (Wildman–Crippen MR) is 148 cm³/mol. The van der Waals surface area contributed by atoms with Crippen molar-refractivity contribution in [3.05, 3.63) is 92.8 Å². The summed E-state index contributed by atoms with van der Waals surface area (Å²) in [4.78, 5) is 20.8. The molecule has 12 heteroatoms. The first-order valence-electron chi connectivity index (χ1n) is 11.7. The number of hydrogen-bond donors (Lipinski definition) is 0. The highest BCUT2D eigenvalue weighted by Gasteiger charge is 2.27. The van der Waals surface area contributed by atoms with Crippen molar-refractivity contribution < 1.29 is 13.2 Å². The topological polar surface area (TPSA) is 98.0 Å². The summed E-state index contributed by atoms with van der Waals surface area (Å²) in [5.41, 5.74) is 2.28. The van der Waals surface area contributed by atoms with Crippen LogP contribution >= 0.6 is 34.3 Å². The molecule has 2 aromatic carbocycles. The molecule has 0 saturated carbocycles. The van der Waals surface area contributed by atoms with Crippen molar-refractivity contribution in [1.29, 1.82) is 0 Å². The van der Waals surface area contributed by atoms with Crippen molar-refractivity contribution in [3.63, 3.8) is 0 Å². The van der Waals surface area contributed by atoms with E-state index in [0.717, 1.165) is 10.4 Å². The average molecular weight is 582 g/mol. The normalized spacial score (nSPS) is 13.4. The molecule has 5 aromatic rings. The average Bonchev–Trinajstić information content (AvgIpc) is 3.69. The van der Waals surface area contributed by atoms with Gasteiger partial charge in [0.05, 0.1) is 11.4 Å². The van der Waals surface area contributed by atoms with Crippen LogP contribution in [0.5, 0.6) is 0 Å². The van der Waals surface area contributed by atoms with Gasteiger partial charge in [0.1, 0.15) is 16.5 Å². The Bertz CT molecular complexity index is 1710. The van der Waals surface area contributed by atoms with Crippen LogP contribution in [0.4, 0.5) is 0 Å². The van der Waals surface area contributed by atoms with Crippen LogP contribution in [0.3, 0.4) is 0 Å². The maximum absolute atomic E-state index is 13.2. The zero-order valence-electron chi connectivity index (χ0n) is 19.8. The molecule has 192 valence electrons. The van der Waals surface area contributed by atoms with Gasteiger partial charge in [-0.15, -0.1) is 32.9 Å². The van der Waals surface area contributed by atoms with Crippen LogP contribution in [0.2, 0.25) is 5.02 Å². The summed E-state index contributed by atoms with van der Waals surface area (Å²) in [5, 5.41) is 13.4. The van der Waals surface area contributed by atoms with Gasteiger partial charge in [-0.3, -0.25) is 4.79 Å². The van der Waals surface area contributed by atoms with E-state index in [2.05, 4.69) is 21.2 Å². The minimum absolute atomic E-state index is 0.0538. The van der Waals surface area contributed by atoms with Gasteiger partial charge in [0.15, 0.2) is 21.5 Å². The van der Waals surface area contributed by atoms with E-state index < -0.39 is 9.84 Å². The van der Waals surface area contributed by atoms with E-state index in [1.807, 2.05) is 40.3 Å². The molecule has 0 atom stereocenters. The summed E-state index contributed by atoms with van der Waals surface area (Å²) >= 11 is 8.81. The highest BCUT2D eigenvalue weighted by atomic mass is 35.5. The number of sulfone groups is 1. The van der Waals surface area contributed by atoms with Crippen LogP contribution in [-0.4, -0.2) is 45.5 Å². The summed E-state index contributed by atoms with van der Waals surface area (Å²) in [5.74, 6) is 0.965. The molecule has 0 fully saturated rings. The third-order valence-corrected chi connectivity index (χ3v) is 10.1. The molecule has 0 N–H and O–H groups in total. The minimum atomic E-state index is -3.56. The molecule has 0 radical (unpaired) electrons. The highest BCUT2D eigenvalue weighted by Crippen LogP contribution is 2.28. The maximum Gasteiger partial charge on any atom is 0.254 e. The predicted octanol–water partition coefficient (Wildman–Crippen LogP) is 5.41. The van der Waals surface area contributed by atoms with E-state index in [1.54, 1.807) is 33.7 Å². The molecule has 1 aliphatic rings. The molecule has 0 unspecified atom stereocenters. The Hall–Kier alpha value is -3.38. The van der Waals surface area contributed by atoms with Crippen molar-refractivity contribution in [1.82, 2.24) is 24.6 Å². The first-order valence-corrected chi connectivity index (χ1v) is 15.4. The van der Waals surface area contributed by atoms with E-state index in [9.17, 15) is 13.2 Å². The lowest BCUT2D eigenvalue weighted by atomic mass is 10.1. The Kier molecular flexibility index (Phi) is 6.60. The third-order valence-electron chi connectivity index (χ3n) is 6.25. The molecule has 6 rings (SSSR count). The van der Waals surface area contributed by atoms with E-state index in [0.29, 0.717) is 52.6 Å². The largest absolute Gasteiger partial charge is 0.329 e. The lowest BCUT2D eigenvalue weighted by Gasteiger charge is -2.27. The van der Waals surface area contributed by atoms with Crippen LogP contribution in [-0.2, 0) is 28.7 Å². The standard InChI is InChI=1S/C26H20ClN5O3S3/c27-19-7-9-20(10-8-19)38(34,35)16-24-28-21(15-37-24)25-30-29-23-14-31(11-12-32(23)25)26(33)18-5-3-17(4-6-18)22-2-1-13-36-22/h1-10,13,15H,11-12,14,16H2. The summed E-state index contributed by atoms with van der Waals surface area (Å²) in [6.07, 6.45) is 0. The van der Waals surface area contributed by atoms with Gasteiger partial charge in [-0.1, -0.05) is 29.8 Å². The van der Waals surface area contributed by atoms with E-state index in [-0.39, 0.29) is 16.6 Å². The SMILES string of the molecule is O=C(c1ccc(-c2cccs2)cc1)N1CCn2c(nnc2-c2csc(CS(=O)(=O)c3ccc(Cl)cc3)n2)C1. The molecule has 8 nitrogen and oxygen atoms in total. The van der Waals surface area contributed by atoms with Crippen LogP contribution < -0.4 is 0 Å².